The lowest BCUT2D eigenvalue weighted by molar-refractivity contribution is 0.405. The quantitative estimate of drug-likeness (QED) is 0.726. The van der Waals surface area contributed by atoms with Crippen LogP contribution in [0.1, 0.15) is 26.5 Å². The van der Waals surface area contributed by atoms with Crippen LogP contribution >= 0.6 is 11.6 Å². The molecule has 0 aliphatic rings. The molecule has 0 saturated carbocycles. The molecule has 0 atom stereocenters. The Balaban J connectivity index is 2.12. The third-order valence-electron chi connectivity index (χ3n) is 3.56. The van der Waals surface area contributed by atoms with E-state index in [9.17, 15) is 5.11 Å². The number of hydrogen-bond donors (Lipinski definition) is 1. The average molecular weight is 315 g/mol. The number of hydrogen-bond acceptors (Lipinski definition) is 2. The first-order chi connectivity index (χ1) is 10.3. The average Bonchev–Trinajstić information content (AvgIpc) is 2.82. The van der Waals surface area contributed by atoms with Gasteiger partial charge in [-0.2, -0.15) is 0 Å². The highest BCUT2D eigenvalue weighted by Gasteiger charge is 2.15. The highest BCUT2D eigenvalue weighted by molar-refractivity contribution is 6.31. The Morgan fingerprint density at radius 1 is 1.18 bits per heavy atom. The molecule has 0 radical (unpaired) electrons. The number of phenols is 1. The molecule has 2 heterocycles. The van der Waals surface area contributed by atoms with Gasteiger partial charge in [0.1, 0.15) is 11.4 Å². The number of phenolic OH excluding ortho intramolecular Hbond substituents is 1. The number of aromatic nitrogens is 2. The minimum Gasteiger partial charge on any atom is -0.507 e. The Bertz CT molecular complexity index is 831. The van der Waals surface area contributed by atoms with Crippen LogP contribution in [0, 0.1) is 5.41 Å². The van der Waals surface area contributed by atoms with E-state index in [0.29, 0.717) is 5.02 Å². The topological polar surface area (TPSA) is 37.5 Å². The normalized spacial score (nSPS) is 12.0. The first-order valence-electron chi connectivity index (χ1n) is 7.28. The third-order valence-corrected chi connectivity index (χ3v) is 3.80. The summed E-state index contributed by atoms with van der Waals surface area (Å²) in [6.45, 7) is 6.62. The largest absolute Gasteiger partial charge is 0.507 e. The van der Waals surface area contributed by atoms with Crippen LogP contribution < -0.4 is 0 Å². The zero-order valence-electron chi connectivity index (χ0n) is 13.0. The van der Waals surface area contributed by atoms with E-state index in [1.165, 1.54) is 0 Å². The third kappa shape index (κ3) is 2.95. The second-order valence-corrected chi connectivity index (χ2v) is 7.23. The van der Waals surface area contributed by atoms with Crippen molar-refractivity contribution >= 4 is 17.2 Å². The summed E-state index contributed by atoms with van der Waals surface area (Å²) in [6, 6.07) is 8.99. The van der Waals surface area contributed by atoms with Crippen LogP contribution in [0.4, 0.5) is 0 Å². The smallest absolute Gasteiger partial charge is 0.136 e. The van der Waals surface area contributed by atoms with Crippen molar-refractivity contribution in [1.29, 1.82) is 0 Å². The maximum Gasteiger partial charge on any atom is 0.136 e. The molecule has 3 nitrogen and oxygen atoms in total. The Labute approximate surface area is 135 Å². The van der Waals surface area contributed by atoms with Gasteiger partial charge in [-0.3, -0.25) is 0 Å². The lowest BCUT2D eigenvalue weighted by Crippen LogP contribution is -2.10. The van der Waals surface area contributed by atoms with Gasteiger partial charge in [-0.1, -0.05) is 32.4 Å². The first kappa shape index (κ1) is 14.9. The number of imidazole rings is 1. The number of fused-ring (bicyclic) bond motifs is 1. The molecule has 0 aliphatic heterocycles. The molecule has 4 heteroatoms. The Morgan fingerprint density at radius 3 is 2.68 bits per heavy atom. The van der Waals surface area contributed by atoms with Gasteiger partial charge in [-0.25, -0.2) is 4.98 Å². The predicted molar refractivity (Wildman–Crippen MR) is 90.5 cm³/mol. The molecular formula is C18H19ClN2O. The number of halogens is 1. The van der Waals surface area contributed by atoms with Crippen molar-refractivity contribution in [3.05, 3.63) is 53.4 Å². The molecule has 0 spiro atoms. The molecular weight excluding hydrogens is 296 g/mol. The van der Waals surface area contributed by atoms with Crippen LogP contribution in [0.25, 0.3) is 16.8 Å². The molecule has 22 heavy (non-hydrogen) atoms. The van der Waals surface area contributed by atoms with Gasteiger partial charge >= 0.3 is 0 Å². The van der Waals surface area contributed by atoms with E-state index >= 15 is 0 Å². The molecule has 0 aliphatic carbocycles. The molecule has 1 N–H and O–H groups in total. The fourth-order valence-electron chi connectivity index (χ4n) is 2.60. The molecule has 0 unspecified atom stereocenters. The molecule has 3 rings (SSSR count). The van der Waals surface area contributed by atoms with E-state index in [2.05, 4.69) is 30.2 Å². The van der Waals surface area contributed by atoms with E-state index < -0.39 is 0 Å². The van der Waals surface area contributed by atoms with Gasteiger partial charge < -0.3 is 9.51 Å². The number of nitrogens with zero attached hydrogens (tertiary/aromatic N) is 2. The molecule has 3 aromatic rings. The maximum absolute atomic E-state index is 10.1. The minimum atomic E-state index is 0.185. The number of rotatable bonds is 2. The second-order valence-electron chi connectivity index (χ2n) is 6.79. The predicted octanol–water partition coefficient (Wildman–Crippen LogP) is 4.95. The maximum atomic E-state index is 10.1. The van der Waals surface area contributed by atoms with Crippen molar-refractivity contribution in [2.24, 2.45) is 5.41 Å². The number of aromatic hydroxyl groups is 1. The van der Waals surface area contributed by atoms with Gasteiger partial charge in [-0.15, -0.1) is 0 Å². The summed E-state index contributed by atoms with van der Waals surface area (Å²) in [6.07, 6.45) is 4.86. The minimum absolute atomic E-state index is 0.185. The first-order valence-corrected chi connectivity index (χ1v) is 7.66. The molecule has 2 aromatic heterocycles. The molecule has 114 valence electrons. The highest BCUT2D eigenvalue weighted by atomic mass is 35.5. The summed E-state index contributed by atoms with van der Waals surface area (Å²) in [4.78, 5) is 4.45. The van der Waals surface area contributed by atoms with E-state index in [1.54, 1.807) is 18.2 Å². The van der Waals surface area contributed by atoms with Gasteiger partial charge in [0, 0.05) is 34.2 Å². The summed E-state index contributed by atoms with van der Waals surface area (Å²) < 4.78 is 2.08. The van der Waals surface area contributed by atoms with Gasteiger partial charge in [0.25, 0.3) is 0 Å². The lowest BCUT2D eigenvalue weighted by atomic mass is 9.91. The van der Waals surface area contributed by atoms with Crippen molar-refractivity contribution in [2.45, 2.75) is 27.2 Å². The lowest BCUT2D eigenvalue weighted by Gasteiger charge is -2.17. The van der Waals surface area contributed by atoms with Crippen LogP contribution in [0.3, 0.4) is 0 Å². The fraction of sp³-hybridized carbons (Fsp3) is 0.278. The Morgan fingerprint density at radius 2 is 1.95 bits per heavy atom. The highest BCUT2D eigenvalue weighted by Crippen LogP contribution is 2.32. The van der Waals surface area contributed by atoms with Gasteiger partial charge in [0.15, 0.2) is 0 Å². The monoisotopic (exact) mass is 314 g/mol. The molecule has 0 amide bonds. The van der Waals surface area contributed by atoms with Crippen LogP contribution in [-0.2, 0) is 6.42 Å². The molecule has 0 saturated heterocycles. The molecule has 1 aromatic carbocycles. The Hall–Kier alpha value is -2.00. The van der Waals surface area contributed by atoms with E-state index in [1.807, 2.05) is 24.5 Å². The van der Waals surface area contributed by atoms with Crippen LogP contribution in [0.5, 0.6) is 5.75 Å². The SMILES string of the molecule is CC(C)(C)Cc1cnc2ccc(-c3cc(Cl)ccc3O)cn12. The second kappa shape index (κ2) is 5.33. The molecule has 0 bridgehead atoms. The summed E-state index contributed by atoms with van der Waals surface area (Å²) >= 11 is 6.05. The summed E-state index contributed by atoms with van der Waals surface area (Å²) in [5.74, 6) is 0.223. The van der Waals surface area contributed by atoms with Gasteiger partial charge in [0.05, 0.1) is 0 Å². The van der Waals surface area contributed by atoms with Crippen LogP contribution in [0.15, 0.2) is 42.7 Å². The summed E-state index contributed by atoms with van der Waals surface area (Å²) in [5, 5.41) is 10.7. The van der Waals surface area contributed by atoms with E-state index in [4.69, 9.17) is 11.6 Å². The zero-order valence-corrected chi connectivity index (χ0v) is 13.7. The van der Waals surface area contributed by atoms with Crippen LogP contribution in [-0.4, -0.2) is 14.5 Å². The fourth-order valence-corrected chi connectivity index (χ4v) is 2.78. The molecule has 0 fully saturated rings. The van der Waals surface area contributed by atoms with Gasteiger partial charge in [0.2, 0.25) is 0 Å². The van der Waals surface area contributed by atoms with Crippen molar-refractivity contribution in [3.63, 3.8) is 0 Å². The van der Waals surface area contributed by atoms with Crippen LogP contribution in [0.2, 0.25) is 5.02 Å². The standard InChI is InChI=1S/C18H19ClN2O/c1-18(2,3)9-14-10-20-17-7-4-12(11-21(14)17)15-8-13(19)5-6-16(15)22/h4-8,10-11,22H,9H2,1-3H3. The van der Waals surface area contributed by atoms with E-state index in [0.717, 1.165) is 28.9 Å². The summed E-state index contributed by atoms with van der Waals surface area (Å²) in [5.41, 5.74) is 3.89. The number of pyridine rings is 1. The Kier molecular flexibility index (Phi) is 3.61. The van der Waals surface area contributed by atoms with Crippen molar-refractivity contribution in [2.75, 3.05) is 0 Å². The van der Waals surface area contributed by atoms with Crippen molar-refractivity contribution in [3.8, 4) is 16.9 Å². The number of benzene rings is 1. The zero-order chi connectivity index (χ0) is 15.9. The van der Waals surface area contributed by atoms with Crippen molar-refractivity contribution in [1.82, 2.24) is 9.38 Å². The van der Waals surface area contributed by atoms with E-state index in [-0.39, 0.29) is 11.2 Å². The summed E-state index contributed by atoms with van der Waals surface area (Å²) in [7, 11) is 0. The van der Waals surface area contributed by atoms with Gasteiger partial charge in [-0.05, 0) is 42.2 Å². The van der Waals surface area contributed by atoms with Crippen molar-refractivity contribution < 1.29 is 5.11 Å².